The zero-order valence-corrected chi connectivity index (χ0v) is 24.3. The zero-order valence-electron chi connectivity index (χ0n) is 22.7. The normalized spacial score (nSPS) is 16.1. The van der Waals surface area contributed by atoms with Crippen LogP contribution < -0.4 is 24.4 Å². The van der Waals surface area contributed by atoms with Crippen molar-refractivity contribution in [3.05, 3.63) is 119 Å². The molecule has 4 aromatic rings. The van der Waals surface area contributed by atoms with Crippen LogP contribution in [0.15, 0.2) is 82.1 Å². The van der Waals surface area contributed by atoms with Gasteiger partial charge in [0, 0.05) is 11.6 Å². The highest BCUT2D eigenvalue weighted by molar-refractivity contribution is 7.07. The molecule has 41 heavy (non-hydrogen) atoms. The van der Waals surface area contributed by atoms with Gasteiger partial charge in [-0.25, -0.2) is 9.79 Å². The molecule has 7 nitrogen and oxygen atoms in total. The molecule has 208 valence electrons. The second-order valence-electron chi connectivity index (χ2n) is 9.98. The summed E-state index contributed by atoms with van der Waals surface area (Å²) in [6, 6.07) is 20.2. The van der Waals surface area contributed by atoms with E-state index in [0.717, 1.165) is 16.7 Å². The average molecular weight is 587 g/mol. The van der Waals surface area contributed by atoms with E-state index in [4.69, 9.17) is 30.8 Å². The van der Waals surface area contributed by atoms with Gasteiger partial charge in [-0.15, -0.1) is 0 Å². The number of rotatable bonds is 6. The van der Waals surface area contributed by atoms with Crippen LogP contribution in [0.3, 0.4) is 0 Å². The summed E-state index contributed by atoms with van der Waals surface area (Å²) >= 11 is 7.78. The van der Waals surface area contributed by atoms with Gasteiger partial charge in [0.1, 0.15) is 0 Å². The fourth-order valence-electron chi connectivity index (χ4n) is 5.00. The summed E-state index contributed by atoms with van der Waals surface area (Å²) in [4.78, 5) is 33.1. The number of thiazole rings is 1. The molecular weight excluding hydrogens is 560 g/mol. The van der Waals surface area contributed by atoms with Crippen molar-refractivity contribution in [3.63, 3.8) is 0 Å². The second-order valence-corrected chi connectivity index (χ2v) is 11.4. The lowest BCUT2D eigenvalue weighted by Gasteiger charge is -2.26. The van der Waals surface area contributed by atoms with Gasteiger partial charge < -0.3 is 14.2 Å². The van der Waals surface area contributed by atoms with Crippen LogP contribution in [-0.2, 0) is 9.53 Å². The van der Waals surface area contributed by atoms with Crippen LogP contribution in [-0.4, -0.2) is 23.9 Å². The number of carbonyl (C=O) groups excluding carboxylic acids is 1. The number of fused-ring (bicyclic) bond motifs is 2. The molecule has 0 fully saturated rings. The summed E-state index contributed by atoms with van der Waals surface area (Å²) in [5.41, 5.74) is 3.83. The maximum Gasteiger partial charge on any atom is 0.338 e. The Kier molecular flexibility index (Phi) is 7.28. The van der Waals surface area contributed by atoms with E-state index >= 15 is 0 Å². The van der Waals surface area contributed by atoms with E-state index in [1.807, 2.05) is 54.6 Å². The molecule has 0 N–H and O–H groups in total. The molecule has 6 rings (SSSR count). The van der Waals surface area contributed by atoms with Crippen LogP contribution in [0.25, 0.3) is 11.8 Å². The molecule has 0 spiro atoms. The minimum absolute atomic E-state index is 0.117. The molecule has 0 bridgehead atoms. The first-order chi connectivity index (χ1) is 19.9. The lowest BCUT2D eigenvalue weighted by molar-refractivity contribution is -0.138. The summed E-state index contributed by atoms with van der Waals surface area (Å²) < 4.78 is 18.5. The lowest BCUT2D eigenvalue weighted by atomic mass is 9.91. The average Bonchev–Trinajstić information content (AvgIpc) is 3.56. The topological polar surface area (TPSA) is 79.1 Å². The van der Waals surface area contributed by atoms with Crippen LogP contribution >= 0.6 is 22.9 Å². The van der Waals surface area contributed by atoms with E-state index in [9.17, 15) is 9.59 Å². The Hall–Kier alpha value is -4.14. The summed E-state index contributed by atoms with van der Waals surface area (Å²) in [7, 11) is 0. The fraction of sp³-hybridized carbons (Fsp3) is 0.219. The highest BCUT2D eigenvalue weighted by Gasteiger charge is 2.35. The highest BCUT2D eigenvalue weighted by Crippen LogP contribution is 2.38. The Labute approximate surface area is 245 Å². The van der Waals surface area contributed by atoms with Gasteiger partial charge in [0.2, 0.25) is 6.79 Å². The Morgan fingerprint density at radius 1 is 1.12 bits per heavy atom. The maximum absolute atomic E-state index is 14.1. The predicted molar refractivity (Wildman–Crippen MR) is 159 cm³/mol. The van der Waals surface area contributed by atoms with Gasteiger partial charge in [0.15, 0.2) is 16.3 Å². The van der Waals surface area contributed by atoms with E-state index < -0.39 is 12.0 Å². The zero-order chi connectivity index (χ0) is 28.7. The van der Waals surface area contributed by atoms with E-state index in [0.29, 0.717) is 48.6 Å². The van der Waals surface area contributed by atoms with Crippen molar-refractivity contribution in [1.82, 2.24) is 4.57 Å². The molecule has 2 aliphatic heterocycles. The minimum Gasteiger partial charge on any atom is -0.463 e. The first-order valence-corrected chi connectivity index (χ1v) is 14.5. The van der Waals surface area contributed by atoms with Crippen LogP contribution in [0.2, 0.25) is 5.02 Å². The summed E-state index contributed by atoms with van der Waals surface area (Å²) in [6.07, 6.45) is 1.73. The molecular formula is C32H27ClN2O5S. The van der Waals surface area contributed by atoms with Gasteiger partial charge in [-0.05, 0) is 41.7 Å². The third kappa shape index (κ3) is 4.98. The van der Waals surface area contributed by atoms with Crippen molar-refractivity contribution in [2.45, 2.75) is 32.7 Å². The maximum atomic E-state index is 14.1. The molecule has 0 aliphatic carbocycles. The van der Waals surface area contributed by atoms with E-state index in [2.05, 4.69) is 13.8 Å². The standard InChI is InChI=1S/C32H27ClN2O5S/c1-4-38-31(37)27-28(20-8-6-5-7-9-20)34-32-35(29(27)21-12-10-19(11-13-21)18(2)3)30(36)26(41-32)15-22-14-24-25(16-23(22)33)40-17-39-24/h5-16,18,29H,4,17H2,1-3H3/b26-15-/t29-/m1/s1. The van der Waals surface area contributed by atoms with Crippen LogP contribution in [0, 0.1) is 0 Å². The number of benzene rings is 3. The van der Waals surface area contributed by atoms with E-state index in [1.165, 1.54) is 11.3 Å². The van der Waals surface area contributed by atoms with Crippen molar-refractivity contribution in [3.8, 4) is 11.5 Å². The first-order valence-electron chi connectivity index (χ1n) is 13.3. The summed E-state index contributed by atoms with van der Waals surface area (Å²) in [6.45, 7) is 6.31. The molecule has 3 aromatic carbocycles. The van der Waals surface area contributed by atoms with Crippen LogP contribution in [0.5, 0.6) is 11.5 Å². The van der Waals surface area contributed by atoms with Crippen LogP contribution in [0.1, 0.15) is 55.0 Å². The largest absolute Gasteiger partial charge is 0.463 e. The number of esters is 1. The summed E-state index contributed by atoms with van der Waals surface area (Å²) in [5.74, 6) is 0.941. The van der Waals surface area contributed by atoms with E-state index in [-0.39, 0.29) is 19.0 Å². The quantitative estimate of drug-likeness (QED) is 0.281. The first kappa shape index (κ1) is 27.1. The summed E-state index contributed by atoms with van der Waals surface area (Å²) in [5, 5.41) is 0.429. The fourth-order valence-corrected chi connectivity index (χ4v) is 6.20. The predicted octanol–water partition coefficient (Wildman–Crippen LogP) is 5.44. The number of aromatic nitrogens is 1. The van der Waals surface area contributed by atoms with Gasteiger partial charge >= 0.3 is 5.97 Å². The molecule has 0 saturated heterocycles. The molecule has 0 radical (unpaired) electrons. The van der Waals surface area contributed by atoms with Gasteiger partial charge in [0.25, 0.3) is 5.56 Å². The van der Waals surface area contributed by atoms with Crippen molar-refractivity contribution in [1.29, 1.82) is 0 Å². The van der Waals surface area contributed by atoms with Gasteiger partial charge in [-0.2, -0.15) is 0 Å². The van der Waals surface area contributed by atoms with E-state index in [1.54, 1.807) is 29.7 Å². The van der Waals surface area contributed by atoms with Gasteiger partial charge in [-0.1, -0.05) is 91.4 Å². The van der Waals surface area contributed by atoms with Crippen molar-refractivity contribution < 1.29 is 19.0 Å². The van der Waals surface area contributed by atoms with Crippen molar-refractivity contribution in [2.75, 3.05) is 13.4 Å². The number of hydrogen-bond donors (Lipinski definition) is 0. The van der Waals surface area contributed by atoms with Crippen LogP contribution in [0.4, 0.5) is 0 Å². The van der Waals surface area contributed by atoms with Crippen molar-refractivity contribution in [2.24, 2.45) is 4.99 Å². The number of nitrogens with zero attached hydrogens (tertiary/aromatic N) is 2. The molecule has 9 heteroatoms. The molecule has 0 unspecified atom stereocenters. The second kappa shape index (κ2) is 11.0. The lowest BCUT2D eigenvalue weighted by Crippen LogP contribution is -2.40. The Morgan fingerprint density at radius 3 is 2.51 bits per heavy atom. The molecule has 0 saturated carbocycles. The molecule has 0 amide bonds. The monoisotopic (exact) mass is 586 g/mol. The minimum atomic E-state index is -0.740. The number of carbonyl (C=O) groups is 1. The Morgan fingerprint density at radius 2 is 1.83 bits per heavy atom. The number of hydrogen-bond acceptors (Lipinski definition) is 7. The molecule has 1 aromatic heterocycles. The van der Waals surface area contributed by atoms with Crippen molar-refractivity contribution >= 4 is 40.7 Å². The Bertz CT molecular complexity index is 1860. The molecule has 3 heterocycles. The Balaban J connectivity index is 1.62. The third-order valence-electron chi connectivity index (χ3n) is 7.07. The smallest absolute Gasteiger partial charge is 0.338 e. The number of halogens is 1. The van der Waals surface area contributed by atoms with Gasteiger partial charge in [-0.3, -0.25) is 9.36 Å². The SMILES string of the molecule is CCOC(=O)C1=C(c2ccccc2)N=c2s/c(=C\c3cc4c(cc3Cl)OCO4)c(=O)n2[C@@H]1c1ccc(C(C)C)cc1. The van der Waals surface area contributed by atoms with Gasteiger partial charge in [0.05, 0.1) is 33.5 Å². The molecule has 2 aliphatic rings. The molecule has 1 atom stereocenters. The highest BCUT2D eigenvalue weighted by atomic mass is 35.5. The third-order valence-corrected chi connectivity index (χ3v) is 8.38. The number of ether oxygens (including phenoxy) is 3.